The maximum absolute atomic E-state index is 12.7. The molecule has 0 aromatic heterocycles. The third-order valence-corrected chi connectivity index (χ3v) is 6.39. The van der Waals surface area contributed by atoms with Gasteiger partial charge in [-0.2, -0.15) is 4.31 Å². The second-order valence-corrected chi connectivity index (χ2v) is 8.65. The van der Waals surface area contributed by atoms with E-state index in [0.29, 0.717) is 12.8 Å². The molecular formula is C14H32O9P2. The Morgan fingerprint density at radius 2 is 0.960 bits per heavy atom. The minimum atomic E-state index is -4.23. The largest absolute Gasteiger partial charge is 0.483 e. The Morgan fingerprint density at radius 1 is 0.640 bits per heavy atom. The van der Waals surface area contributed by atoms with Gasteiger partial charge in [-0.25, -0.2) is 9.13 Å². The van der Waals surface area contributed by atoms with Gasteiger partial charge >= 0.3 is 15.6 Å². The van der Waals surface area contributed by atoms with Gasteiger partial charge in [0.25, 0.3) is 0 Å². The number of rotatable bonds is 18. The summed E-state index contributed by atoms with van der Waals surface area (Å²) in [6, 6.07) is 0. The van der Waals surface area contributed by atoms with Crippen molar-refractivity contribution in [3.05, 3.63) is 0 Å². The third-order valence-electron chi connectivity index (χ3n) is 2.80. The van der Waals surface area contributed by atoms with E-state index in [1.165, 1.54) is 0 Å². The second kappa shape index (κ2) is 15.3. The summed E-state index contributed by atoms with van der Waals surface area (Å²) in [5.74, 6) is 0. The average molecular weight is 406 g/mol. The summed E-state index contributed by atoms with van der Waals surface area (Å²) in [5, 5.41) is 17.6. The molecule has 2 N–H and O–H groups in total. The molecule has 0 unspecified atom stereocenters. The summed E-state index contributed by atoms with van der Waals surface area (Å²) in [6.07, 6.45) is 3.29. The van der Waals surface area contributed by atoms with Gasteiger partial charge in [0.1, 0.15) is 0 Å². The van der Waals surface area contributed by atoms with E-state index in [1.807, 2.05) is 13.8 Å². The zero-order valence-electron chi connectivity index (χ0n) is 15.1. The summed E-state index contributed by atoms with van der Waals surface area (Å²) in [4.78, 5) is 0. The zero-order chi connectivity index (χ0) is 19.0. The summed E-state index contributed by atoms with van der Waals surface area (Å²) >= 11 is 0. The van der Waals surface area contributed by atoms with Gasteiger partial charge in [0.15, 0.2) is 0 Å². The van der Waals surface area contributed by atoms with Crippen LogP contribution >= 0.6 is 15.6 Å². The lowest BCUT2D eigenvalue weighted by atomic mass is 10.4. The van der Waals surface area contributed by atoms with Crippen molar-refractivity contribution in [1.29, 1.82) is 0 Å². The number of aliphatic hydroxyl groups excluding tert-OH is 2. The predicted octanol–water partition coefficient (Wildman–Crippen LogP) is 3.65. The van der Waals surface area contributed by atoms with E-state index in [4.69, 9.17) is 32.6 Å². The number of aliphatic hydroxyl groups is 2. The molecule has 0 atom stereocenters. The van der Waals surface area contributed by atoms with E-state index in [1.54, 1.807) is 0 Å². The number of hydrogen-bond donors (Lipinski definition) is 2. The fourth-order valence-corrected chi connectivity index (χ4v) is 4.71. The van der Waals surface area contributed by atoms with Crippen molar-refractivity contribution in [3.8, 4) is 0 Å². The monoisotopic (exact) mass is 406 g/mol. The van der Waals surface area contributed by atoms with Crippen LogP contribution in [-0.4, -0.2) is 49.9 Å². The Labute approximate surface area is 150 Å². The molecule has 11 heteroatoms. The van der Waals surface area contributed by atoms with E-state index in [9.17, 15) is 9.13 Å². The summed E-state index contributed by atoms with van der Waals surface area (Å²) in [5.41, 5.74) is 0. The lowest BCUT2D eigenvalue weighted by molar-refractivity contribution is 0.101. The van der Waals surface area contributed by atoms with Crippen molar-refractivity contribution in [2.45, 2.75) is 52.4 Å². The Hall–Kier alpha value is 0.180. The van der Waals surface area contributed by atoms with Crippen molar-refractivity contribution in [3.63, 3.8) is 0 Å². The standard InChI is InChI=1S/C14H32O9P2/c1-3-5-11-19-24(17,20-12-6-4-2)23-25(18,21-13-7-9-15)22-14-8-10-16/h15-16H,3-14H2,1-2H3. The van der Waals surface area contributed by atoms with Crippen LogP contribution in [0.25, 0.3) is 0 Å². The number of unbranched alkanes of at least 4 members (excludes halogenated alkanes) is 2. The van der Waals surface area contributed by atoms with Crippen LogP contribution in [0.1, 0.15) is 52.4 Å². The SMILES string of the molecule is CCCCOP(=O)(OCCCC)OP(=O)(OCCCO)OCCCO. The first-order chi connectivity index (χ1) is 11.9. The molecule has 0 aliphatic carbocycles. The molecule has 0 saturated heterocycles. The summed E-state index contributed by atoms with van der Waals surface area (Å²) in [7, 11) is -8.37. The molecule has 0 aromatic carbocycles. The van der Waals surface area contributed by atoms with Gasteiger partial charge in [-0.1, -0.05) is 26.7 Å². The topological polar surface area (TPSA) is 121 Å². The molecule has 9 nitrogen and oxygen atoms in total. The Bertz CT molecular complexity index is 342. The summed E-state index contributed by atoms with van der Waals surface area (Å²) in [6.45, 7) is 3.54. The summed E-state index contributed by atoms with van der Waals surface area (Å²) < 4.78 is 51.0. The minimum absolute atomic E-state index is 0.114. The Morgan fingerprint density at radius 3 is 1.24 bits per heavy atom. The van der Waals surface area contributed by atoms with Gasteiger partial charge in [0.2, 0.25) is 0 Å². The third kappa shape index (κ3) is 13.1. The van der Waals surface area contributed by atoms with E-state index < -0.39 is 15.6 Å². The number of phosphoric acid groups is 2. The van der Waals surface area contributed by atoms with E-state index in [-0.39, 0.29) is 52.5 Å². The normalized spacial score (nSPS) is 12.6. The minimum Gasteiger partial charge on any atom is -0.396 e. The quantitative estimate of drug-likeness (QED) is 0.259. The Balaban J connectivity index is 4.97. The fraction of sp³-hybridized carbons (Fsp3) is 1.00. The first-order valence-corrected chi connectivity index (χ1v) is 11.6. The molecule has 0 bridgehead atoms. The first kappa shape index (κ1) is 25.2. The molecule has 0 aliphatic rings. The molecule has 0 aliphatic heterocycles. The lowest BCUT2D eigenvalue weighted by Crippen LogP contribution is -2.07. The smallest absolute Gasteiger partial charge is 0.396 e. The van der Waals surface area contributed by atoms with Gasteiger partial charge < -0.3 is 10.2 Å². The highest BCUT2D eigenvalue weighted by Crippen LogP contribution is 2.66. The highest BCUT2D eigenvalue weighted by molar-refractivity contribution is 7.62. The molecular weight excluding hydrogens is 374 g/mol. The van der Waals surface area contributed by atoms with Crippen LogP contribution in [0.3, 0.4) is 0 Å². The van der Waals surface area contributed by atoms with Crippen LogP contribution in [-0.2, 0) is 31.5 Å². The molecule has 0 radical (unpaired) electrons. The van der Waals surface area contributed by atoms with Crippen molar-refractivity contribution in [2.75, 3.05) is 39.6 Å². The van der Waals surface area contributed by atoms with Crippen molar-refractivity contribution in [2.24, 2.45) is 0 Å². The van der Waals surface area contributed by atoms with E-state index in [0.717, 1.165) is 12.8 Å². The van der Waals surface area contributed by atoms with Crippen LogP contribution in [0.15, 0.2) is 0 Å². The van der Waals surface area contributed by atoms with E-state index in [2.05, 4.69) is 0 Å². The highest BCUT2D eigenvalue weighted by Gasteiger charge is 2.40. The van der Waals surface area contributed by atoms with Crippen LogP contribution in [0, 0.1) is 0 Å². The molecule has 0 heterocycles. The number of hydrogen-bond acceptors (Lipinski definition) is 9. The van der Waals surface area contributed by atoms with Crippen molar-refractivity contribution in [1.82, 2.24) is 0 Å². The molecule has 0 saturated carbocycles. The maximum atomic E-state index is 12.7. The fourth-order valence-electron chi connectivity index (χ4n) is 1.41. The van der Waals surface area contributed by atoms with Gasteiger partial charge in [0.05, 0.1) is 26.4 Å². The molecule has 25 heavy (non-hydrogen) atoms. The highest BCUT2D eigenvalue weighted by atomic mass is 31.3. The van der Waals surface area contributed by atoms with Crippen LogP contribution < -0.4 is 0 Å². The van der Waals surface area contributed by atoms with Crippen molar-refractivity contribution >= 4 is 15.6 Å². The first-order valence-electron chi connectivity index (χ1n) is 8.66. The second-order valence-electron chi connectivity index (χ2n) is 5.17. The molecule has 152 valence electrons. The molecule has 0 aromatic rings. The maximum Gasteiger partial charge on any atom is 0.483 e. The number of phosphoric ester groups is 2. The van der Waals surface area contributed by atoms with Gasteiger partial charge in [-0.15, -0.1) is 0 Å². The van der Waals surface area contributed by atoms with Crippen LogP contribution in [0.4, 0.5) is 0 Å². The van der Waals surface area contributed by atoms with Crippen molar-refractivity contribution < 1.29 is 41.7 Å². The van der Waals surface area contributed by atoms with Crippen LogP contribution in [0.5, 0.6) is 0 Å². The van der Waals surface area contributed by atoms with Gasteiger partial charge in [0, 0.05) is 13.2 Å². The van der Waals surface area contributed by atoms with Gasteiger partial charge in [-0.05, 0) is 25.7 Å². The molecule has 0 spiro atoms. The predicted molar refractivity (Wildman–Crippen MR) is 93.3 cm³/mol. The van der Waals surface area contributed by atoms with E-state index >= 15 is 0 Å². The molecule has 0 rings (SSSR count). The molecule has 0 amide bonds. The zero-order valence-corrected chi connectivity index (χ0v) is 16.9. The van der Waals surface area contributed by atoms with Crippen LogP contribution in [0.2, 0.25) is 0 Å². The Kier molecular flexibility index (Phi) is 15.4. The average Bonchev–Trinajstić information content (AvgIpc) is 2.56. The molecule has 0 fully saturated rings. The lowest BCUT2D eigenvalue weighted by Gasteiger charge is -2.23. The van der Waals surface area contributed by atoms with Gasteiger partial charge in [-0.3, -0.25) is 18.1 Å².